The fraction of sp³-hybridized carbons (Fsp3) is 0.902. The van der Waals surface area contributed by atoms with E-state index in [2.05, 4.69) is 72.8 Å². The Morgan fingerprint density at radius 1 is 0.327 bits per heavy atom. The average Bonchev–Trinajstić information content (AvgIpc) is 0.965. The van der Waals surface area contributed by atoms with Crippen molar-refractivity contribution < 1.29 is 80.2 Å². The van der Waals surface area contributed by atoms with Crippen molar-refractivity contribution in [2.45, 2.75) is 420 Å². The van der Waals surface area contributed by atoms with Gasteiger partial charge in [0.1, 0.15) is 19.3 Å². The van der Waals surface area contributed by atoms with E-state index < -0.39 is 97.5 Å². The molecular formula is C82H156O17P2. The summed E-state index contributed by atoms with van der Waals surface area (Å²) in [6.07, 6.45) is 63.3. The standard InChI is InChI=1S/C82H156O17P2/c1-8-10-11-12-13-14-15-16-21-25-30-36-43-51-58-65-81(86)98-77(69-92-79(84)63-56-49-42-35-32-27-28-33-39-46-53-60-73(3)4)71-96-100(88,89)94-67-76(83)68-95-101(90,91)97-72-78(70-93-80(85)64-57-50-45-38-40-47-54-61-74(5)6)99-82(87)66-59-52-44-37-31-26-23-20-18-17-19-22-24-29-34-41-48-55-62-75(7)9-2/h14-16,21,73-78,83H,8-13,17-20,22-72H2,1-7H3,(H,88,89)(H,90,91)/b15-14-,21-16-/t75?,76?,77-,78-/m1/s1. The zero-order chi connectivity index (χ0) is 74.4. The summed E-state index contributed by atoms with van der Waals surface area (Å²) in [6.45, 7) is 11.9. The van der Waals surface area contributed by atoms with Gasteiger partial charge < -0.3 is 33.8 Å². The predicted octanol–water partition coefficient (Wildman–Crippen LogP) is 24.1. The maximum atomic E-state index is 13.1. The van der Waals surface area contributed by atoms with Crippen LogP contribution < -0.4 is 0 Å². The van der Waals surface area contributed by atoms with E-state index in [1.54, 1.807) is 0 Å². The van der Waals surface area contributed by atoms with Crippen molar-refractivity contribution >= 4 is 39.5 Å². The number of esters is 4. The Morgan fingerprint density at radius 3 is 0.881 bits per heavy atom. The molecule has 4 unspecified atom stereocenters. The largest absolute Gasteiger partial charge is 0.472 e. The molecule has 596 valence electrons. The molecule has 17 nitrogen and oxygen atoms in total. The molecule has 0 saturated heterocycles. The Kier molecular flexibility index (Phi) is 70.0. The molecule has 0 aromatic heterocycles. The van der Waals surface area contributed by atoms with Gasteiger partial charge in [0.25, 0.3) is 0 Å². The number of phosphoric acid groups is 2. The second-order valence-corrected chi connectivity index (χ2v) is 32.9. The van der Waals surface area contributed by atoms with Crippen molar-refractivity contribution in [2.24, 2.45) is 17.8 Å². The van der Waals surface area contributed by atoms with Crippen LogP contribution in [-0.2, 0) is 65.4 Å². The number of carbonyl (C=O) groups is 4. The summed E-state index contributed by atoms with van der Waals surface area (Å²) in [4.78, 5) is 73.0. The van der Waals surface area contributed by atoms with Crippen LogP contribution in [0.4, 0.5) is 0 Å². The lowest BCUT2D eigenvalue weighted by atomic mass is 9.99. The summed E-state index contributed by atoms with van der Waals surface area (Å²) < 4.78 is 68.7. The van der Waals surface area contributed by atoms with Crippen LogP contribution in [-0.4, -0.2) is 96.7 Å². The highest BCUT2D eigenvalue weighted by Crippen LogP contribution is 2.45. The number of hydrogen-bond acceptors (Lipinski definition) is 15. The Hall–Kier alpha value is -2.46. The lowest BCUT2D eigenvalue weighted by molar-refractivity contribution is -0.161. The molecule has 0 rings (SSSR count). The number of phosphoric ester groups is 2. The molecule has 6 atom stereocenters. The quantitative estimate of drug-likeness (QED) is 0.0169. The Labute approximate surface area is 618 Å². The van der Waals surface area contributed by atoms with Gasteiger partial charge in [0.2, 0.25) is 0 Å². The zero-order valence-electron chi connectivity index (χ0n) is 65.9. The molecule has 3 N–H and O–H groups in total. The van der Waals surface area contributed by atoms with E-state index in [1.165, 1.54) is 193 Å². The third kappa shape index (κ3) is 74.2. The summed E-state index contributed by atoms with van der Waals surface area (Å²) in [5, 5.41) is 10.6. The first-order valence-corrected chi connectivity index (χ1v) is 44.7. The molecule has 0 spiro atoms. The molecule has 0 aliphatic heterocycles. The highest BCUT2D eigenvalue weighted by molar-refractivity contribution is 7.47. The molecule has 0 saturated carbocycles. The van der Waals surface area contributed by atoms with Gasteiger partial charge in [-0.2, -0.15) is 0 Å². The van der Waals surface area contributed by atoms with Crippen molar-refractivity contribution in [3.63, 3.8) is 0 Å². The second-order valence-electron chi connectivity index (χ2n) is 30.0. The molecule has 0 amide bonds. The van der Waals surface area contributed by atoms with Crippen LogP contribution in [0.25, 0.3) is 0 Å². The number of rotatable bonds is 78. The minimum absolute atomic E-state index is 0.0848. The van der Waals surface area contributed by atoms with Crippen LogP contribution in [0.5, 0.6) is 0 Å². The van der Waals surface area contributed by atoms with Gasteiger partial charge >= 0.3 is 39.5 Å². The number of hydrogen-bond donors (Lipinski definition) is 3. The topological polar surface area (TPSA) is 237 Å². The van der Waals surface area contributed by atoms with Gasteiger partial charge in [0.15, 0.2) is 12.2 Å². The Bertz CT molecular complexity index is 2050. The maximum absolute atomic E-state index is 13.1. The van der Waals surface area contributed by atoms with Crippen molar-refractivity contribution in [1.82, 2.24) is 0 Å². The van der Waals surface area contributed by atoms with Gasteiger partial charge in [-0.25, -0.2) is 9.13 Å². The molecule has 0 aliphatic rings. The Morgan fingerprint density at radius 2 is 0.584 bits per heavy atom. The molecule has 0 fully saturated rings. The van der Waals surface area contributed by atoms with Crippen LogP contribution in [0.2, 0.25) is 0 Å². The highest BCUT2D eigenvalue weighted by atomic mass is 31.2. The minimum atomic E-state index is -4.97. The highest BCUT2D eigenvalue weighted by Gasteiger charge is 2.30. The lowest BCUT2D eigenvalue weighted by Gasteiger charge is -2.21. The van der Waals surface area contributed by atoms with E-state index in [4.69, 9.17) is 37.0 Å². The van der Waals surface area contributed by atoms with Gasteiger partial charge in [-0.3, -0.25) is 37.3 Å². The van der Waals surface area contributed by atoms with Gasteiger partial charge in [0, 0.05) is 25.7 Å². The summed E-state index contributed by atoms with van der Waals surface area (Å²) in [5.74, 6) is 0.199. The smallest absolute Gasteiger partial charge is 0.462 e. The second kappa shape index (κ2) is 71.8. The van der Waals surface area contributed by atoms with Gasteiger partial charge in [-0.05, 0) is 69.1 Å². The van der Waals surface area contributed by atoms with E-state index in [9.17, 15) is 43.2 Å². The molecule has 101 heavy (non-hydrogen) atoms. The number of allylic oxidation sites excluding steroid dienone is 4. The normalized spacial score (nSPS) is 14.4. The van der Waals surface area contributed by atoms with Gasteiger partial charge in [0.05, 0.1) is 26.4 Å². The van der Waals surface area contributed by atoms with E-state index in [0.29, 0.717) is 31.6 Å². The number of aliphatic hydroxyl groups is 1. The van der Waals surface area contributed by atoms with Crippen LogP contribution >= 0.6 is 15.6 Å². The minimum Gasteiger partial charge on any atom is -0.462 e. The third-order valence-corrected chi connectivity index (χ3v) is 20.8. The molecular weight excluding hydrogens is 1320 g/mol. The number of aliphatic hydroxyl groups excluding tert-OH is 1. The maximum Gasteiger partial charge on any atom is 0.472 e. The van der Waals surface area contributed by atoms with Crippen molar-refractivity contribution in [2.75, 3.05) is 39.6 Å². The molecule has 0 heterocycles. The van der Waals surface area contributed by atoms with Crippen LogP contribution in [0.3, 0.4) is 0 Å². The lowest BCUT2D eigenvalue weighted by Crippen LogP contribution is -2.30. The van der Waals surface area contributed by atoms with Gasteiger partial charge in [-0.15, -0.1) is 0 Å². The molecule has 19 heteroatoms. The first-order chi connectivity index (χ1) is 48.8. The summed E-state index contributed by atoms with van der Waals surface area (Å²) in [7, 11) is -9.93. The van der Waals surface area contributed by atoms with E-state index in [0.717, 1.165) is 121 Å². The fourth-order valence-corrected chi connectivity index (χ4v) is 13.7. The van der Waals surface area contributed by atoms with Crippen LogP contribution in [0.15, 0.2) is 24.3 Å². The first-order valence-electron chi connectivity index (χ1n) is 41.7. The third-order valence-electron chi connectivity index (χ3n) is 18.9. The van der Waals surface area contributed by atoms with Crippen molar-refractivity contribution in [3.8, 4) is 0 Å². The monoisotopic (exact) mass is 1480 g/mol. The Balaban J connectivity index is 5.23. The van der Waals surface area contributed by atoms with Crippen LogP contribution in [0.1, 0.15) is 402 Å². The van der Waals surface area contributed by atoms with Crippen LogP contribution in [0, 0.1) is 17.8 Å². The molecule has 0 aromatic rings. The number of ether oxygens (including phenoxy) is 4. The molecule has 0 radical (unpaired) electrons. The zero-order valence-corrected chi connectivity index (χ0v) is 67.6. The van der Waals surface area contributed by atoms with E-state index in [1.807, 2.05) is 0 Å². The van der Waals surface area contributed by atoms with Crippen molar-refractivity contribution in [1.29, 1.82) is 0 Å². The average molecular weight is 1480 g/mol. The summed E-state index contributed by atoms with van der Waals surface area (Å²) in [5.41, 5.74) is 0. The fourth-order valence-electron chi connectivity index (χ4n) is 12.1. The summed E-state index contributed by atoms with van der Waals surface area (Å²) in [6, 6.07) is 0. The molecule has 0 aromatic carbocycles. The SMILES string of the molecule is CCCCCC/C=C\C=C/CCCCCCCC(=O)O[C@H](COC(=O)CCCCCCCCCCCCCC(C)C)COP(=O)(O)OCC(O)COP(=O)(O)OC[C@@H](COC(=O)CCCCCCCCCC(C)C)OC(=O)CCCCCCCCCCCCCCCCCCCCC(C)CC. The number of unbranched alkanes of at least 4 members (excludes halogenated alkanes) is 42. The number of carbonyl (C=O) groups excluding carboxylic acids is 4. The predicted molar refractivity (Wildman–Crippen MR) is 414 cm³/mol. The molecule has 0 bridgehead atoms. The first kappa shape index (κ1) is 98.5. The van der Waals surface area contributed by atoms with Crippen molar-refractivity contribution in [3.05, 3.63) is 24.3 Å². The van der Waals surface area contributed by atoms with E-state index >= 15 is 0 Å². The van der Waals surface area contributed by atoms with E-state index in [-0.39, 0.29) is 25.7 Å². The molecule has 0 aliphatic carbocycles. The summed E-state index contributed by atoms with van der Waals surface area (Å²) >= 11 is 0. The van der Waals surface area contributed by atoms with Gasteiger partial charge in [-0.1, -0.05) is 349 Å².